The van der Waals surface area contributed by atoms with Crippen LogP contribution in [0.5, 0.6) is 0 Å². The summed E-state index contributed by atoms with van der Waals surface area (Å²) in [7, 11) is 9.87. The average molecular weight is 388 g/mol. The molecule has 0 aliphatic heterocycles. The Morgan fingerprint density at radius 1 is 1.15 bits per heavy atom. The smallest absolute Gasteiger partial charge is 0.172 e. The fourth-order valence-corrected chi connectivity index (χ4v) is 2.60. The number of halogens is 2. The van der Waals surface area contributed by atoms with Crippen LogP contribution in [0.25, 0.3) is 0 Å². The van der Waals surface area contributed by atoms with Gasteiger partial charge in [0.25, 0.3) is 0 Å². The summed E-state index contributed by atoms with van der Waals surface area (Å²) in [4.78, 5) is 0. The Morgan fingerprint density at radius 2 is 1.75 bits per heavy atom. The third kappa shape index (κ3) is 7.82. The maximum absolute atomic E-state index is 4.93. The van der Waals surface area contributed by atoms with Gasteiger partial charge < -0.3 is 0 Å². The first kappa shape index (κ1) is 18.2. The molecule has 0 radical (unpaired) electrons. The number of hydrogen-bond donors (Lipinski definition) is 0. The standard InChI is InChI=1S/C12H17.C5H5.2ClH.Zr/c1-10-7-8-12(9-10)11-5-3-2-4-6-11;1-2-4-5-3-1;;;/h7-9,11H,2-6H2,1H3;1-5H;2*1H;/q2*-1;;;+4/p-2. The topological polar surface area (TPSA) is 0 Å². The van der Waals surface area contributed by atoms with Crippen LogP contribution in [0, 0.1) is 6.92 Å². The van der Waals surface area contributed by atoms with Gasteiger partial charge in [0.2, 0.25) is 0 Å². The van der Waals surface area contributed by atoms with E-state index in [0.29, 0.717) is 0 Å². The molecule has 1 aliphatic carbocycles. The molecule has 3 heteroatoms. The summed E-state index contributed by atoms with van der Waals surface area (Å²) >= 11 is -0.826. The second kappa shape index (κ2) is 11.8. The minimum atomic E-state index is -0.826. The summed E-state index contributed by atoms with van der Waals surface area (Å²) in [6.07, 6.45) is 7.17. The molecule has 1 aliphatic rings. The van der Waals surface area contributed by atoms with Crippen LogP contribution in [0.3, 0.4) is 0 Å². The second-order valence-electron chi connectivity index (χ2n) is 5.09. The van der Waals surface area contributed by atoms with Crippen LogP contribution in [-0.4, -0.2) is 0 Å². The number of hydrogen-bond acceptors (Lipinski definition) is 0. The third-order valence-electron chi connectivity index (χ3n) is 3.57. The van der Waals surface area contributed by atoms with Crippen LogP contribution in [0.15, 0.2) is 48.5 Å². The molecule has 0 nitrogen and oxygen atoms in total. The average Bonchev–Trinajstić information content (AvgIpc) is 3.15. The monoisotopic (exact) mass is 386 g/mol. The van der Waals surface area contributed by atoms with E-state index >= 15 is 0 Å². The van der Waals surface area contributed by atoms with Gasteiger partial charge in [0.15, 0.2) is 0 Å². The van der Waals surface area contributed by atoms with Crippen molar-refractivity contribution in [1.29, 1.82) is 0 Å². The third-order valence-corrected chi connectivity index (χ3v) is 3.57. The molecule has 0 amide bonds. The molecule has 3 rings (SSSR count). The van der Waals surface area contributed by atoms with E-state index in [0.717, 1.165) is 5.92 Å². The Bertz CT molecular complexity index is 397. The summed E-state index contributed by atoms with van der Waals surface area (Å²) in [6.45, 7) is 2.19. The summed E-state index contributed by atoms with van der Waals surface area (Å²) in [5.41, 5.74) is 3.02. The van der Waals surface area contributed by atoms with Crippen molar-refractivity contribution in [2.45, 2.75) is 44.9 Å². The fraction of sp³-hybridized carbons (Fsp3) is 0.412. The van der Waals surface area contributed by atoms with E-state index in [1.807, 2.05) is 30.3 Å². The van der Waals surface area contributed by atoms with Crippen molar-refractivity contribution in [1.82, 2.24) is 0 Å². The van der Waals surface area contributed by atoms with Crippen molar-refractivity contribution in [2.75, 3.05) is 0 Å². The molecule has 108 valence electrons. The van der Waals surface area contributed by atoms with E-state index in [1.165, 1.54) is 37.7 Å². The Labute approximate surface area is 141 Å². The van der Waals surface area contributed by atoms with Crippen LogP contribution >= 0.6 is 17.0 Å². The first-order valence-electron chi connectivity index (χ1n) is 7.14. The van der Waals surface area contributed by atoms with Gasteiger partial charge in [-0.2, -0.15) is 41.5 Å². The van der Waals surface area contributed by atoms with Crippen LogP contribution in [0.1, 0.15) is 49.1 Å². The molecule has 0 spiro atoms. The molecule has 2 aromatic rings. The molecule has 2 aromatic carbocycles. The van der Waals surface area contributed by atoms with E-state index in [2.05, 4.69) is 25.1 Å². The molecule has 1 fully saturated rings. The molecule has 0 saturated heterocycles. The van der Waals surface area contributed by atoms with E-state index in [9.17, 15) is 0 Å². The Hall–Kier alpha value is 0.163. The molecule has 0 atom stereocenters. The predicted molar refractivity (Wildman–Crippen MR) is 86.3 cm³/mol. The van der Waals surface area contributed by atoms with Gasteiger partial charge in [-0.3, -0.25) is 0 Å². The minimum Gasteiger partial charge on any atom is -0.214 e. The predicted octanol–water partition coefficient (Wildman–Crippen LogP) is 6.54. The molecule has 0 heterocycles. The molecule has 0 bridgehead atoms. The molecule has 0 unspecified atom stereocenters. The van der Waals surface area contributed by atoms with Crippen molar-refractivity contribution in [3.63, 3.8) is 0 Å². The van der Waals surface area contributed by atoms with Crippen molar-refractivity contribution in [3.8, 4) is 0 Å². The van der Waals surface area contributed by atoms with Gasteiger partial charge in [-0.05, 0) is 0 Å². The van der Waals surface area contributed by atoms with Gasteiger partial charge in [-0.25, -0.2) is 18.2 Å². The van der Waals surface area contributed by atoms with Gasteiger partial charge in [-0.1, -0.05) is 44.9 Å². The van der Waals surface area contributed by atoms with E-state index in [-0.39, 0.29) is 0 Å². The SMILES string of the molecule is C[c-]1ccc(C2CCCCC2)c1.[Cl][Zr+2][Cl].c1cc[cH-]c1. The molecular formula is C17H22Cl2Zr. The van der Waals surface area contributed by atoms with Crippen molar-refractivity contribution in [2.24, 2.45) is 0 Å². The van der Waals surface area contributed by atoms with Gasteiger partial charge >= 0.3 is 37.9 Å². The summed E-state index contributed by atoms with van der Waals surface area (Å²) in [5.74, 6) is 0.882. The molecule has 20 heavy (non-hydrogen) atoms. The maximum atomic E-state index is 4.93. The number of aryl methyl sites for hydroxylation is 1. The van der Waals surface area contributed by atoms with Gasteiger partial charge in [0.05, 0.1) is 0 Å². The Morgan fingerprint density at radius 3 is 2.15 bits per heavy atom. The van der Waals surface area contributed by atoms with Crippen LogP contribution in [0.2, 0.25) is 0 Å². The molecule has 0 N–H and O–H groups in total. The van der Waals surface area contributed by atoms with Crippen LogP contribution in [-0.2, 0) is 20.8 Å². The Balaban J connectivity index is 0.000000208. The van der Waals surface area contributed by atoms with Crippen molar-refractivity contribution >= 4 is 17.0 Å². The first-order valence-corrected chi connectivity index (χ1v) is 13.5. The molecule has 1 saturated carbocycles. The maximum Gasteiger partial charge on any atom is -0.172 e. The molecule has 0 aromatic heterocycles. The van der Waals surface area contributed by atoms with Gasteiger partial charge in [0, 0.05) is 0 Å². The minimum absolute atomic E-state index is 0.826. The van der Waals surface area contributed by atoms with Crippen LogP contribution in [0.4, 0.5) is 0 Å². The first-order chi connectivity index (χ1) is 9.77. The zero-order chi connectivity index (χ0) is 14.6. The zero-order valence-electron chi connectivity index (χ0n) is 12.0. The summed E-state index contributed by atoms with van der Waals surface area (Å²) in [5, 5.41) is 0. The van der Waals surface area contributed by atoms with Crippen molar-refractivity contribution in [3.05, 3.63) is 59.7 Å². The van der Waals surface area contributed by atoms with E-state index < -0.39 is 20.8 Å². The van der Waals surface area contributed by atoms with E-state index in [1.54, 1.807) is 5.56 Å². The normalized spacial score (nSPS) is 14.3. The second-order valence-corrected chi connectivity index (χ2v) is 8.82. The van der Waals surface area contributed by atoms with Gasteiger partial charge in [-0.15, -0.1) is 0 Å². The van der Waals surface area contributed by atoms with Gasteiger partial charge in [0.1, 0.15) is 0 Å². The quantitative estimate of drug-likeness (QED) is 0.486. The van der Waals surface area contributed by atoms with Crippen molar-refractivity contribution < 1.29 is 20.8 Å². The Kier molecular flexibility index (Phi) is 10.7. The van der Waals surface area contributed by atoms with E-state index in [4.69, 9.17) is 17.0 Å². The molecular weight excluding hydrogens is 366 g/mol. The zero-order valence-corrected chi connectivity index (χ0v) is 16.0. The number of rotatable bonds is 1. The fourth-order valence-electron chi connectivity index (χ4n) is 2.60. The summed E-state index contributed by atoms with van der Waals surface area (Å²) in [6, 6.07) is 16.9. The summed E-state index contributed by atoms with van der Waals surface area (Å²) < 4.78 is 0. The largest absolute Gasteiger partial charge is 0.214 e. The van der Waals surface area contributed by atoms with Crippen LogP contribution < -0.4 is 0 Å².